The zero-order valence-electron chi connectivity index (χ0n) is 19.7. The topological polar surface area (TPSA) is 70.5 Å². The van der Waals surface area contributed by atoms with Gasteiger partial charge in [-0.25, -0.2) is 9.78 Å². The molecule has 8 heteroatoms. The summed E-state index contributed by atoms with van der Waals surface area (Å²) in [4.78, 5) is 29.4. The largest absolute Gasteiger partial charge is 0.497 e. The lowest BCUT2D eigenvalue weighted by Gasteiger charge is -2.36. The number of urea groups is 1. The van der Waals surface area contributed by atoms with Gasteiger partial charge in [0, 0.05) is 13.1 Å². The molecule has 0 spiro atoms. The summed E-state index contributed by atoms with van der Waals surface area (Å²) in [5.41, 5.74) is 3.57. The minimum absolute atomic E-state index is 0.0333. The van der Waals surface area contributed by atoms with Crippen molar-refractivity contribution in [3.63, 3.8) is 0 Å². The van der Waals surface area contributed by atoms with E-state index in [0.29, 0.717) is 32.1 Å². The summed E-state index contributed by atoms with van der Waals surface area (Å²) >= 11 is 0. The molecule has 1 atom stereocenters. The highest BCUT2D eigenvalue weighted by molar-refractivity contribution is 6.19. The Morgan fingerprint density at radius 3 is 2.55 bits per heavy atom. The molecule has 1 saturated heterocycles. The van der Waals surface area contributed by atoms with Crippen LogP contribution in [-0.4, -0.2) is 67.8 Å². The highest BCUT2D eigenvalue weighted by atomic mass is 16.5. The third-order valence-corrected chi connectivity index (χ3v) is 6.58. The van der Waals surface area contributed by atoms with Gasteiger partial charge in [-0.05, 0) is 29.2 Å². The number of pyridine rings is 1. The Kier molecular flexibility index (Phi) is 5.48. The average Bonchev–Trinajstić information content (AvgIpc) is 3.29. The summed E-state index contributed by atoms with van der Waals surface area (Å²) in [7, 11) is 1.65. The normalized spacial score (nSPS) is 20.5. The van der Waals surface area contributed by atoms with E-state index < -0.39 is 0 Å². The molecule has 0 saturated carbocycles. The lowest BCUT2D eigenvalue weighted by atomic mass is 9.87. The quantitative estimate of drug-likeness (QED) is 0.714. The predicted octanol–water partition coefficient (Wildman–Crippen LogP) is 3.54. The molecule has 0 N–H and O–H groups in total. The number of fused-ring (bicyclic) bond motifs is 3. The number of hydrogen-bond acceptors (Lipinski definition) is 6. The fourth-order valence-electron chi connectivity index (χ4n) is 4.47. The number of amidine groups is 1. The van der Waals surface area contributed by atoms with Crippen molar-refractivity contribution in [1.29, 1.82) is 0 Å². The summed E-state index contributed by atoms with van der Waals surface area (Å²) in [5, 5.41) is 0. The van der Waals surface area contributed by atoms with Gasteiger partial charge in [-0.3, -0.25) is 14.8 Å². The lowest BCUT2D eigenvalue weighted by Crippen LogP contribution is -2.51. The number of anilines is 2. The monoisotopic (exact) mass is 449 g/mol. The molecule has 8 nitrogen and oxygen atoms in total. The molecule has 2 aromatic rings. The number of nitrogens with zero attached hydrogens (tertiary/aromatic N) is 5. The lowest BCUT2D eigenvalue weighted by molar-refractivity contribution is 0.122. The maximum absolute atomic E-state index is 13.7. The van der Waals surface area contributed by atoms with Crippen LogP contribution in [0.5, 0.6) is 5.75 Å². The number of methoxy groups -OCH3 is 1. The van der Waals surface area contributed by atoms with E-state index >= 15 is 0 Å². The molecule has 0 bridgehead atoms. The number of aromatic nitrogens is 1. The first kappa shape index (κ1) is 21.7. The molecule has 1 fully saturated rings. The first-order chi connectivity index (χ1) is 15.8. The molecule has 0 aliphatic carbocycles. The fraction of sp³-hybridized carbons (Fsp3) is 0.480. The number of carbonyl (C=O) groups is 1. The molecule has 5 rings (SSSR count). The van der Waals surface area contributed by atoms with Crippen molar-refractivity contribution in [2.24, 2.45) is 10.4 Å². The number of aliphatic imine (C=N–C) groups is 1. The van der Waals surface area contributed by atoms with E-state index in [4.69, 9.17) is 19.5 Å². The van der Waals surface area contributed by atoms with Crippen LogP contribution in [0, 0.1) is 5.41 Å². The van der Waals surface area contributed by atoms with Gasteiger partial charge < -0.3 is 14.4 Å². The van der Waals surface area contributed by atoms with Crippen LogP contribution in [0.4, 0.5) is 16.2 Å². The van der Waals surface area contributed by atoms with Crippen LogP contribution >= 0.6 is 0 Å². The van der Waals surface area contributed by atoms with E-state index in [1.807, 2.05) is 35.4 Å². The predicted molar refractivity (Wildman–Crippen MR) is 128 cm³/mol. The third-order valence-electron chi connectivity index (χ3n) is 6.58. The van der Waals surface area contributed by atoms with Gasteiger partial charge in [0.15, 0.2) is 5.84 Å². The molecule has 3 aliphatic heterocycles. The number of morpholine rings is 1. The Morgan fingerprint density at radius 2 is 1.88 bits per heavy atom. The summed E-state index contributed by atoms with van der Waals surface area (Å²) in [6, 6.07) is 9.90. The van der Waals surface area contributed by atoms with Gasteiger partial charge in [-0.1, -0.05) is 32.9 Å². The third kappa shape index (κ3) is 4.04. The van der Waals surface area contributed by atoms with Crippen LogP contribution < -0.4 is 14.5 Å². The molecular weight excluding hydrogens is 418 g/mol. The van der Waals surface area contributed by atoms with Crippen molar-refractivity contribution < 1.29 is 14.3 Å². The maximum atomic E-state index is 13.7. The molecule has 1 aromatic carbocycles. The number of ether oxygens (including phenoxy) is 2. The van der Waals surface area contributed by atoms with E-state index in [1.165, 1.54) is 0 Å². The van der Waals surface area contributed by atoms with Crippen molar-refractivity contribution in [3.8, 4) is 5.75 Å². The van der Waals surface area contributed by atoms with Crippen LogP contribution in [0.1, 0.15) is 32.0 Å². The van der Waals surface area contributed by atoms with E-state index in [9.17, 15) is 4.79 Å². The Balaban J connectivity index is 1.55. The molecule has 174 valence electrons. The number of rotatable bonds is 4. The van der Waals surface area contributed by atoms with E-state index in [0.717, 1.165) is 41.5 Å². The Labute approximate surface area is 194 Å². The highest BCUT2D eigenvalue weighted by Crippen LogP contribution is 2.37. The molecule has 0 radical (unpaired) electrons. The molecule has 2 amide bonds. The number of amides is 2. The Morgan fingerprint density at radius 1 is 1.15 bits per heavy atom. The molecule has 3 aliphatic rings. The van der Waals surface area contributed by atoms with Crippen LogP contribution in [0.15, 0.2) is 41.5 Å². The van der Waals surface area contributed by atoms with Crippen molar-refractivity contribution in [3.05, 3.63) is 47.8 Å². The van der Waals surface area contributed by atoms with Crippen LogP contribution in [0.2, 0.25) is 0 Å². The zero-order chi connectivity index (χ0) is 23.2. The maximum Gasteiger partial charge on any atom is 0.330 e. The Bertz CT molecular complexity index is 1070. The Hall–Kier alpha value is -3.13. The smallest absolute Gasteiger partial charge is 0.330 e. The SMILES string of the molecule is COc1ccc(CN2C(=O)N3CC(C(C)(C)C)N=C3c3ncc(N4CCOCC4)cc32)cc1. The van der Waals surface area contributed by atoms with E-state index in [1.54, 1.807) is 12.0 Å². The van der Waals surface area contributed by atoms with E-state index in [2.05, 4.69) is 31.7 Å². The van der Waals surface area contributed by atoms with Gasteiger partial charge in [-0.2, -0.15) is 0 Å². The molecular formula is C25H31N5O3. The second kappa shape index (κ2) is 8.33. The van der Waals surface area contributed by atoms with Crippen LogP contribution in [0.25, 0.3) is 0 Å². The van der Waals surface area contributed by atoms with Gasteiger partial charge in [-0.15, -0.1) is 0 Å². The first-order valence-electron chi connectivity index (χ1n) is 11.5. The number of benzene rings is 1. The van der Waals surface area contributed by atoms with Gasteiger partial charge in [0.1, 0.15) is 11.4 Å². The van der Waals surface area contributed by atoms with Crippen molar-refractivity contribution in [1.82, 2.24) is 9.88 Å². The van der Waals surface area contributed by atoms with Crippen molar-refractivity contribution in [2.45, 2.75) is 33.4 Å². The molecule has 33 heavy (non-hydrogen) atoms. The van der Waals surface area contributed by atoms with Crippen LogP contribution in [-0.2, 0) is 11.3 Å². The van der Waals surface area contributed by atoms with E-state index in [-0.39, 0.29) is 17.5 Å². The minimum Gasteiger partial charge on any atom is -0.497 e. The molecule has 4 heterocycles. The van der Waals surface area contributed by atoms with Crippen LogP contribution in [0.3, 0.4) is 0 Å². The summed E-state index contributed by atoms with van der Waals surface area (Å²) in [6.07, 6.45) is 1.90. The van der Waals surface area contributed by atoms with Crippen molar-refractivity contribution in [2.75, 3.05) is 49.8 Å². The number of carbonyl (C=O) groups excluding carboxylic acids is 1. The number of hydrogen-bond donors (Lipinski definition) is 0. The second-order valence-electron chi connectivity index (χ2n) is 9.82. The van der Waals surface area contributed by atoms with Gasteiger partial charge >= 0.3 is 6.03 Å². The first-order valence-corrected chi connectivity index (χ1v) is 11.5. The summed E-state index contributed by atoms with van der Waals surface area (Å²) < 4.78 is 10.8. The molecule has 1 unspecified atom stereocenters. The molecule has 1 aromatic heterocycles. The average molecular weight is 450 g/mol. The standard InChI is InChI=1S/C25H31N5O3/c1-25(2,3)21-16-30-23(27-21)22-20(13-18(14-26-22)28-9-11-33-12-10-28)29(24(30)31)15-17-5-7-19(32-4)8-6-17/h5-8,13-14,21H,9-12,15-16H2,1-4H3. The van der Waals surface area contributed by atoms with Crippen molar-refractivity contribution >= 4 is 23.2 Å². The van der Waals surface area contributed by atoms with Gasteiger partial charge in [0.2, 0.25) is 0 Å². The minimum atomic E-state index is -0.0512. The fourth-order valence-corrected chi connectivity index (χ4v) is 4.47. The summed E-state index contributed by atoms with van der Waals surface area (Å²) in [5.74, 6) is 1.48. The second-order valence-corrected chi connectivity index (χ2v) is 9.82. The summed E-state index contributed by atoms with van der Waals surface area (Å²) in [6.45, 7) is 10.5. The van der Waals surface area contributed by atoms with Gasteiger partial charge in [0.25, 0.3) is 0 Å². The highest BCUT2D eigenvalue weighted by Gasteiger charge is 2.44. The van der Waals surface area contributed by atoms with Gasteiger partial charge in [0.05, 0.1) is 57.0 Å². The zero-order valence-corrected chi connectivity index (χ0v) is 19.7.